The van der Waals surface area contributed by atoms with Gasteiger partial charge in [-0.3, -0.25) is 0 Å². The van der Waals surface area contributed by atoms with Crippen LogP contribution >= 0.6 is 23.1 Å². The van der Waals surface area contributed by atoms with Crippen molar-refractivity contribution in [2.45, 2.75) is 50.3 Å². The number of thiazole rings is 1. The Morgan fingerprint density at radius 2 is 2.18 bits per heavy atom. The Balaban J connectivity index is 1.79. The van der Waals surface area contributed by atoms with E-state index >= 15 is 0 Å². The molecule has 4 heteroatoms. The van der Waals surface area contributed by atoms with Crippen molar-refractivity contribution in [2.24, 2.45) is 0 Å². The van der Waals surface area contributed by atoms with E-state index in [-0.39, 0.29) is 0 Å². The van der Waals surface area contributed by atoms with Crippen LogP contribution in [0.15, 0.2) is 6.20 Å². The molecule has 0 atom stereocenters. The van der Waals surface area contributed by atoms with Gasteiger partial charge in [0.2, 0.25) is 0 Å². The van der Waals surface area contributed by atoms with E-state index in [9.17, 15) is 0 Å². The molecule has 0 saturated heterocycles. The van der Waals surface area contributed by atoms with Crippen molar-refractivity contribution >= 4 is 23.1 Å². The van der Waals surface area contributed by atoms with Crippen molar-refractivity contribution in [3.63, 3.8) is 0 Å². The zero-order chi connectivity index (χ0) is 12.1. The molecule has 0 aromatic carbocycles. The summed E-state index contributed by atoms with van der Waals surface area (Å²) in [6.07, 6.45) is 11.3. The molecule has 17 heavy (non-hydrogen) atoms. The number of hydrogen-bond acceptors (Lipinski definition) is 4. The van der Waals surface area contributed by atoms with Crippen molar-refractivity contribution in [1.82, 2.24) is 10.3 Å². The summed E-state index contributed by atoms with van der Waals surface area (Å²) in [5.74, 6) is 0. The Kier molecular flexibility index (Phi) is 4.88. The van der Waals surface area contributed by atoms with Gasteiger partial charge in [0.05, 0.1) is 5.01 Å². The predicted octanol–water partition coefficient (Wildman–Crippen LogP) is 3.61. The van der Waals surface area contributed by atoms with Crippen LogP contribution in [0.5, 0.6) is 0 Å². The molecule has 0 aliphatic heterocycles. The highest BCUT2D eigenvalue weighted by Gasteiger charge is 2.30. The summed E-state index contributed by atoms with van der Waals surface area (Å²) in [5.41, 5.74) is 0. The number of hydrogen-bond donors (Lipinski definition) is 1. The average Bonchev–Trinajstić information content (AvgIpc) is 2.76. The molecule has 1 aliphatic rings. The largest absolute Gasteiger partial charge is 0.310 e. The third-order valence-corrected chi connectivity index (χ3v) is 5.94. The first-order valence-electron chi connectivity index (χ1n) is 6.41. The van der Waals surface area contributed by atoms with Crippen LogP contribution in [0.4, 0.5) is 0 Å². The van der Waals surface area contributed by atoms with Gasteiger partial charge in [-0.05, 0) is 26.0 Å². The summed E-state index contributed by atoms with van der Waals surface area (Å²) in [5, 5.41) is 4.79. The summed E-state index contributed by atoms with van der Waals surface area (Å²) in [4.78, 5) is 5.65. The van der Waals surface area contributed by atoms with Crippen LogP contribution in [0.1, 0.15) is 42.0 Å². The number of aromatic nitrogens is 1. The van der Waals surface area contributed by atoms with E-state index in [4.69, 9.17) is 0 Å². The molecular formula is C13H22N2S2. The molecule has 0 spiro atoms. The fourth-order valence-corrected chi connectivity index (χ4v) is 4.26. The Morgan fingerprint density at radius 1 is 1.41 bits per heavy atom. The maximum absolute atomic E-state index is 4.29. The SMILES string of the molecule is CSC1(CNCc2cnc(C)s2)CCCCC1. The Morgan fingerprint density at radius 3 is 2.76 bits per heavy atom. The van der Waals surface area contributed by atoms with Crippen molar-refractivity contribution < 1.29 is 0 Å². The van der Waals surface area contributed by atoms with Gasteiger partial charge in [-0.2, -0.15) is 11.8 Å². The molecule has 2 nitrogen and oxygen atoms in total. The highest BCUT2D eigenvalue weighted by atomic mass is 32.2. The Bertz CT molecular complexity index is 343. The lowest BCUT2D eigenvalue weighted by Crippen LogP contribution is -2.38. The molecule has 0 amide bonds. The number of nitrogens with zero attached hydrogens (tertiary/aromatic N) is 1. The second kappa shape index (κ2) is 6.21. The van der Waals surface area contributed by atoms with Gasteiger partial charge in [0.15, 0.2) is 0 Å². The highest BCUT2D eigenvalue weighted by Crippen LogP contribution is 2.38. The first-order valence-corrected chi connectivity index (χ1v) is 8.45. The van der Waals surface area contributed by atoms with Crippen molar-refractivity contribution in [3.05, 3.63) is 16.1 Å². The fraction of sp³-hybridized carbons (Fsp3) is 0.769. The van der Waals surface area contributed by atoms with Gasteiger partial charge in [0.1, 0.15) is 0 Å². The summed E-state index contributed by atoms with van der Waals surface area (Å²) in [7, 11) is 0. The van der Waals surface area contributed by atoms with Gasteiger partial charge in [0.25, 0.3) is 0 Å². The first-order chi connectivity index (χ1) is 8.24. The van der Waals surface area contributed by atoms with Crippen molar-refractivity contribution in [1.29, 1.82) is 0 Å². The molecule has 1 heterocycles. The molecule has 1 fully saturated rings. The number of thioether (sulfide) groups is 1. The van der Waals surface area contributed by atoms with Crippen LogP contribution in [-0.4, -0.2) is 22.5 Å². The molecule has 96 valence electrons. The maximum Gasteiger partial charge on any atom is 0.0897 e. The number of nitrogens with one attached hydrogen (secondary N) is 1. The predicted molar refractivity (Wildman–Crippen MR) is 77.9 cm³/mol. The molecular weight excluding hydrogens is 248 g/mol. The molecule has 0 radical (unpaired) electrons. The van der Waals surface area contributed by atoms with Gasteiger partial charge in [-0.1, -0.05) is 19.3 Å². The van der Waals surface area contributed by atoms with Crippen LogP contribution in [0, 0.1) is 6.92 Å². The average molecular weight is 270 g/mol. The van der Waals surface area contributed by atoms with Gasteiger partial charge < -0.3 is 5.32 Å². The maximum atomic E-state index is 4.29. The molecule has 2 rings (SSSR count). The van der Waals surface area contributed by atoms with Crippen LogP contribution < -0.4 is 5.32 Å². The van der Waals surface area contributed by atoms with Crippen molar-refractivity contribution in [3.8, 4) is 0 Å². The standard InChI is InChI=1S/C13H22N2S2/c1-11-15-9-12(17-11)8-14-10-13(16-2)6-4-3-5-7-13/h9,14H,3-8,10H2,1-2H3. The molecule has 0 bridgehead atoms. The van der Waals surface area contributed by atoms with E-state index in [0.717, 1.165) is 13.1 Å². The Hall–Kier alpha value is -0.0600. The minimum atomic E-state index is 0.498. The monoisotopic (exact) mass is 270 g/mol. The lowest BCUT2D eigenvalue weighted by atomic mass is 9.88. The summed E-state index contributed by atoms with van der Waals surface area (Å²) in [6, 6.07) is 0. The van der Waals surface area contributed by atoms with Crippen LogP contribution in [-0.2, 0) is 6.54 Å². The first kappa shape index (κ1) is 13.4. The van der Waals surface area contributed by atoms with Crippen molar-refractivity contribution in [2.75, 3.05) is 12.8 Å². The number of aryl methyl sites for hydroxylation is 1. The van der Waals surface area contributed by atoms with Crippen LogP contribution in [0.2, 0.25) is 0 Å². The second-order valence-electron chi connectivity index (χ2n) is 4.90. The summed E-state index contributed by atoms with van der Waals surface area (Å²) in [6.45, 7) is 4.19. The third-order valence-electron chi connectivity index (χ3n) is 3.61. The van der Waals surface area contributed by atoms with E-state index in [1.54, 1.807) is 11.3 Å². The Labute approximate surface area is 113 Å². The van der Waals surface area contributed by atoms with Gasteiger partial charge >= 0.3 is 0 Å². The zero-order valence-corrected chi connectivity index (χ0v) is 12.4. The van der Waals surface area contributed by atoms with Crippen LogP contribution in [0.3, 0.4) is 0 Å². The third kappa shape index (κ3) is 3.70. The molecule has 1 N–H and O–H groups in total. The highest BCUT2D eigenvalue weighted by molar-refractivity contribution is 8.00. The second-order valence-corrected chi connectivity index (χ2v) is 7.49. The van der Waals surface area contributed by atoms with E-state index < -0.39 is 0 Å². The van der Waals surface area contributed by atoms with E-state index in [1.807, 2.05) is 6.20 Å². The lowest BCUT2D eigenvalue weighted by Gasteiger charge is -2.36. The fourth-order valence-electron chi connectivity index (χ4n) is 2.55. The minimum Gasteiger partial charge on any atom is -0.310 e. The van der Waals surface area contributed by atoms with Gasteiger partial charge in [0, 0.05) is 28.9 Å². The molecule has 0 unspecified atom stereocenters. The molecule has 1 aromatic rings. The zero-order valence-electron chi connectivity index (χ0n) is 10.8. The topological polar surface area (TPSA) is 24.9 Å². The van der Waals surface area contributed by atoms with E-state index in [0.29, 0.717) is 4.75 Å². The summed E-state index contributed by atoms with van der Waals surface area (Å²) < 4.78 is 0.498. The smallest absolute Gasteiger partial charge is 0.0897 e. The lowest BCUT2D eigenvalue weighted by molar-refractivity contribution is 0.380. The molecule has 1 saturated carbocycles. The molecule has 1 aliphatic carbocycles. The van der Waals surface area contributed by atoms with Gasteiger partial charge in [-0.25, -0.2) is 4.98 Å². The van der Waals surface area contributed by atoms with E-state index in [2.05, 4.69) is 35.2 Å². The van der Waals surface area contributed by atoms with E-state index in [1.165, 1.54) is 42.0 Å². The van der Waals surface area contributed by atoms with Gasteiger partial charge in [-0.15, -0.1) is 11.3 Å². The number of rotatable bonds is 5. The van der Waals surface area contributed by atoms with Crippen LogP contribution in [0.25, 0.3) is 0 Å². The minimum absolute atomic E-state index is 0.498. The molecule has 1 aromatic heterocycles. The summed E-state index contributed by atoms with van der Waals surface area (Å²) >= 11 is 3.86. The normalized spacial score (nSPS) is 19.4. The quantitative estimate of drug-likeness (QED) is 0.885.